The Bertz CT molecular complexity index is 823. The molecule has 3 aromatic rings. The molecule has 1 aliphatic rings. The van der Waals surface area contributed by atoms with Gasteiger partial charge < -0.3 is 4.90 Å². The maximum atomic E-state index is 4.57. The molecule has 2 aromatic heterocycles. The third-order valence-corrected chi connectivity index (χ3v) is 4.58. The number of aryl methyl sites for hydroxylation is 2. The van der Waals surface area contributed by atoms with Gasteiger partial charge >= 0.3 is 0 Å². The lowest BCUT2D eigenvalue weighted by molar-refractivity contribution is 0.708. The second-order valence-electron chi connectivity index (χ2n) is 5.91. The van der Waals surface area contributed by atoms with Crippen molar-refractivity contribution in [2.75, 3.05) is 11.4 Å². The first-order chi connectivity index (χ1) is 10.8. The molecular weight excluding hydrogens is 274 g/mol. The van der Waals surface area contributed by atoms with Gasteiger partial charge in [-0.3, -0.25) is 4.68 Å². The molecule has 1 atom stereocenters. The van der Waals surface area contributed by atoms with Crippen molar-refractivity contribution >= 4 is 16.9 Å². The van der Waals surface area contributed by atoms with Gasteiger partial charge in [0.15, 0.2) is 5.65 Å². The van der Waals surface area contributed by atoms with Crippen molar-refractivity contribution < 1.29 is 0 Å². The second kappa shape index (κ2) is 5.09. The van der Waals surface area contributed by atoms with Gasteiger partial charge in [0.1, 0.15) is 12.1 Å². The Morgan fingerprint density at radius 1 is 1.18 bits per heavy atom. The van der Waals surface area contributed by atoms with Gasteiger partial charge in [-0.05, 0) is 30.9 Å². The van der Waals surface area contributed by atoms with E-state index in [9.17, 15) is 0 Å². The van der Waals surface area contributed by atoms with Gasteiger partial charge in [0.05, 0.1) is 17.6 Å². The maximum Gasteiger partial charge on any atom is 0.163 e. The van der Waals surface area contributed by atoms with E-state index < -0.39 is 0 Å². The average molecular weight is 293 g/mol. The van der Waals surface area contributed by atoms with Crippen LogP contribution >= 0.6 is 0 Å². The van der Waals surface area contributed by atoms with E-state index in [1.54, 1.807) is 11.0 Å². The lowest BCUT2D eigenvalue weighted by Gasteiger charge is -2.27. The summed E-state index contributed by atoms with van der Waals surface area (Å²) in [5.41, 5.74) is 3.63. The highest BCUT2D eigenvalue weighted by molar-refractivity contribution is 5.87. The van der Waals surface area contributed by atoms with E-state index in [1.165, 1.54) is 17.5 Å². The van der Waals surface area contributed by atoms with Crippen molar-refractivity contribution in [3.05, 3.63) is 47.9 Å². The van der Waals surface area contributed by atoms with Crippen LogP contribution in [0.5, 0.6) is 0 Å². The van der Waals surface area contributed by atoms with Crippen LogP contribution in [0.2, 0.25) is 0 Å². The molecule has 0 unspecified atom stereocenters. The van der Waals surface area contributed by atoms with E-state index in [0.717, 1.165) is 29.8 Å². The predicted octanol–water partition coefficient (Wildman–Crippen LogP) is 3.01. The van der Waals surface area contributed by atoms with Crippen LogP contribution < -0.4 is 4.90 Å². The summed E-state index contributed by atoms with van der Waals surface area (Å²) in [5.74, 6) is 1.00. The molecule has 0 spiro atoms. The topological polar surface area (TPSA) is 46.8 Å². The molecule has 0 saturated carbocycles. The first-order valence-corrected chi connectivity index (χ1v) is 7.70. The average Bonchev–Trinajstić information content (AvgIpc) is 3.15. The molecule has 0 bridgehead atoms. The summed E-state index contributed by atoms with van der Waals surface area (Å²) in [6.07, 6.45) is 5.87. The molecule has 1 aromatic carbocycles. The monoisotopic (exact) mass is 293 g/mol. The van der Waals surface area contributed by atoms with Gasteiger partial charge in [0.25, 0.3) is 0 Å². The zero-order valence-electron chi connectivity index (χ0n) is 12.9. The molecule has 0 N–H and O–H groups in total. The van der Waals surface area contributed by atoms with Crippen LogP contribution in [0.3, 0.4) is 0 Å². The van der Waals surface area contributed by atoms with E-state index >= 15 is 0 Å². The summed E-state index contributed by atoms with van der Waals surface area (Å²) < 4.78 is 1.80. The van der Waals surface area contributed by atoms with Crippen molar-refractivity contribution in [3.8, 4) is 0 Å². The molecule has 22 heavy (non-hydrogen) atoms. The Morgan fingerprint density at radius 3 is 2.91 bits per heavy atom. The zero-order valence-corrected chi connectivity index (χ0v) is 12.9. The van der Waals surface area contributed by atoms with E-state index in [0.29, 0.717) is 6.04 Å². The highest BCUT2D eigenvalue weighted by atomic mass is 15.3. The number of anilines is 1. The van der Waals surface area contributed by atoms with Crippen LogP contribution in [0.4, 0.5) is 5.82 Å². The molecule has 1 saturated heterocycles. The smallest absolute Gasteiger partial charge is 0.163 e. The Morgan fingerprint density at radius 2 is 2.05 bits per heavy atom. The van der Waals surface area contributed by atoms with Crippen LogP contribution in [0.15, 0.2) is 36.8 Å². The number of aromatic nitrogens is 4. The summed E-state index contributed by atoms with van der Waals surface area (Å²) in [6.45, 7) is 3.21. The number of nitrogens with zero attached hydrogens (tertiary/aromatic N) is 5. The fourth-order valence-electron chi connectivity index (χ4n) is 3.48. The first-order valence-electron chi connectivity index (χ1n) is 7.70. The largest absolute Gasteiger partial charge is 0.349 e. The van der Waals surface area contributed by atoms with Crippen LogP contribution in [-0.2, 0) is 7.05 Å². The highest BCUT2D eigenvalue weighted by Crippen LogP contribution is 2.38. The Balaban J connectivity index is 1.82. The van der Waals surface area contributed by atoms with E-state index in [4.69, 9.17) is 0 Å². The van der Waals surface area contributed by atoms with Crippen molar-refractivity contribution in [1.29, 1.82) is 0 Å². The number of rotatable bonds is 2. The van der Waals surface area contributed by atoms with E-state index in [1.807, 2.05) is 13.2 Å². The number of hydrogen-bond donors (Lipinski definition) is 0. The normalized spacial score (nSPS) is 18.3. The van der Waals surface area contributed by atoms with Crippen LogP contribution in [0, 0.1) is 6.92 Å². The molecule has 4 rings (SSSR count). The maximum absolute atomic E-state index is 4.57. The van der Waals surface area contributed by atoms with Gasteiger partial charge in [0, 0.05) is 13.6 Å². The summed E-state index contributed by atoms with van der Waals surface area (Å²) in [7, 11) is 1.92. The van der Waals surface area contributed by atoms with Gasteiger partial charge in [-0.15, -0.1) is 0 Å². The van der Waals surface area contributed by atoms with Crippen LogP contribution in [0.25, 0.3) is 11.0 Å². The standard InChI is InChI=1S/C17H19N5/c1-12-6-3-4-7-13(12)15-8-5-9-22(15)17-14-10-20-21(2)16(14)18-11-19-17/h3-4,6-7,10-11,15H,5,8-9H2,1-2H3/t15-/m0/s1. The Hall–Kier alpha value is -2.43. The highest BCUT2D eigenvalue weighted by Gasteiger charge is 2.29. The van der Waals surface area contributed by atoms with Crippen LogP contribution in [-0.4, -0.2) is 26.3 Å². The zero-order chi connectivity index (χ0) is 15.1. The molecule has 1 fully saturated rings. The number of fused-ring (bicyclic) bond motifs is 1. The van der Waals surface area contributed by atoms with Crippen LogP contribution in [0.1, 0.15) is 30.0 Å². The first kappa shape index (κ1) is 13.2. The minimum Gasteiger partial charge on any atom is -0.349 e. The molecule has 5 heteroatoms. The van der Waals surface area contributed by atoms with Gasteiger partial charge in [-0.1, -0.05) is 24.3 Å². The molecule has 112 valence electrons. The van der Waals surface area contributed by atoms with Crippen molar-refractivity contribution in [3.63, 3.8) is 0 Å². The fraction of sp³-hybridized carbons (Fsp3) is 0.353. The van der Waals surface area contributed by atoms with Gasteiger partial charge in [-0.25, -0.2) is 9.97 Å². The lowest BCUT2D eigenvalue weighted by Crippen LogP contribution is -2.24. The van der Waals surface area contributed by atoms with E-state index in [2.05, 4.69) is 51.2 Å². The van der Waals surface area contributed by atoms with Gasteiger partial charge in [-0.2, -0.15) is 5.10 Å². The molecule has 1 aliphatic heterocycles. The lowest BCUT2D eigenvalue weighted by atomic mass is 9.99. The molecule has 5 nitrogen and oxygen atoms in total. The Labute approximate surface area is 129 Å². The number of benzene rings is 1. The SMILES string of the molecule is Cc1ccccc1[C@@H]1CCCN1c1ncnc2c1cnn2C. The summed E-state index contributed by atoms with van der Waals surface area (Å²) in [5, 5.41) is 5.36. The fourth-order valence-corrected chi connectivity index (χ4v) is 3.48. The molecule has 3 heterocycles. The Kier molecular flexibility index (Phi) is 3.06. The minimum atomic E-state index is 0.388. The van der Waals surface area contributed by atoms with Crippen molar-refractivity contribution in [1.82, 2.24) is 19.7 Å². The number of hydrogen-bond acceptors (Lipinski definition) is 4. The molecular formula is C17H19N5. The third kappa shape index (κ3) is 1.96. The predicted molar refractivity (Wildman–Crippen MR) is 86.8 cm³/mol. The van der Waals surface area contributed by atoms with Crippen molar-refractivity contribution in [2.45, 2.75) is 25.8 Å². The molecule has 0 radical (unpaired) electrons. The summed E-state index contributed by atoms with van der Waals surface area (Å²) in [4.78, 5) is 11.3. The minimum absolute atomic E-state index is 0.388. The summed E-state index contributed by atoms with van der Waals surface area (Å²) in [6, 6.07) is 9.03. The van der Waals surface area contributed by atoms with Crippen molar-refractivity contribution in [2.24, 2.45) is 7.05 Å². The summed E-state index contributed by atoms with van der Waals surface area (Å²) >= 11 is 0. The quantitative estimate of drug-likeness (QED) is 0.728. The van der Waals surface area contributed by atoms with Gasteiger partial charge in [0.2, 0.25) is 0 Å². The molecule has 0 aliphatic carbocycles. The van der Waals surface area contributed by atoms with E-state index in [-0.39, 0.29) is 0 Å². The second-order valence-corrected chi connectivity index (χ2v) is 5.91. The third-order valence-electron chi connectivity index (χ3n) is 4.58. The molecule has 0 amide bonds.